The molecular weight excluding hydrogens is 269 g/mol. The lowest BCUT2D eigenvalue weighted by Gasteiger charge is -2.10. The average Bonchev–Trinajstić information content (AvgIpc) is 2.39. The second kappa shape index (κ2) is 8.90. The van der Waals surface area contributed by atoms with Crippen molar-refractivity contribution in [2.45, 2.75) is 11.9 Å². The van der Waals surface area contributed by atoms with Gasteiger partial charge in [0.1, 0.15) is 5.82 Å². The third-order valence-electron chi connectivity index (χ3n) is 2.31. The minimum atomic E-state index is -0.684. The summed E-state index contributed by atoms with van der Waals surface area (Å²) in [6, 6.07) is 6.19. The number of benzene rings is 1. The van der Waals surface area contributed by atoms with Crippen molar-refractivity contribution < 1.29 is 19.0 Å². The molecule has 0 aliphatic rings. The zero-order valence-corrected chi connectivity index (χ0v) is 11.6. The zero-order valence-electron chi connectivity index (χ0n) is 10.8. The van der Waals surface area contributed by atoms with Gasteiger partial charge in [-0.3, -0.25) is 4.79 Å². The van der Waals surface area contributed by atoms with E-state index < -0.39 is 6.10 Å². The van der Waals surface area contributed by atoms with Gasteiger partial charge in [-0.1, -0.05) is 12.1 Å². The maximum absolute atomic E-state index is 12.7. The molecule has 0 radical (unpaired) electrons. The summed E-state index contributed by atoms with van der Waals surface area (Å²) in [6.45, 7) is 0.382. The van der Waals surface area contributed by atoms with E-state index in [1.54, 1.807) is 12.1 Å². The highest BCUT2D eigenvalue weighted by atomic mass is 32.2. The van der Waals surface area contributed by atoms with Crippen LogP contribution in [0.5, 0.6) is 0 Å². The predicted octanol–water partition coefficient (Wildman–Crippen LogP) is 1.18. The third-order valence-corrected chi connectivity index (χ3v) is 3.31. The Bertz CT molecular complexity index is 386. The Kier molecular flexibility index (Phi) is 7.47. The summed E-state index contributed by atoms with van der Waals surface area (Å²) in [5, 5.41) is 12.0. The Hall–Kier alpha value is -1.11. The van der Waals surface area contributed by atoms with E-state index in [-0.39, 0.29) is 24.9 Å². The zero-order chi connectivity index (χ0) is 14.1. The molecule has 1 unspecified atom stereocenters. The van der Waals surface area contributed by atoms with Crippen LogP contribution in [0.3, 0.4) is 0 Å². The number of carbonyl (C=O) groups excluding carboxylic acids is 1. The van der Waals surface area contributed by atoms with Crippen molar-refractivity contribution in [3.63, 3.8) is 0 Å². The van der Waals surface area contributed by atoms with Crippen LogP contribution in [0.1, 0.15) is 5.56 Å². The fraction of sp³-hybridized carbons (Fsp3) is 0.462. The number of thioether (sulfide) groups is 1. The molecule has 0 fully saturated rings. The summed E-state index contributed by atoms with van der Waals surface area (Å²) in [7, 11) is 1.49. The van der Waals surface area contributed by atoms with Crippen LogP contribution >= 0.6 is 11.8 Å². The highest BCUT2D eigenvalue weighted by Crippen LogP contribution is 2.12. The van der Waals surface area contributed by atoms with E-state index in [0.29, 0.717) is 11.5 Å². The van der Waals surface area contributed by atoms with Crippen molar-refractivity contribution in [2.24, 2.45) is 0 Å². The van der Waals surface area contributed by atoms with Crippen molar-refractivity contribution >= 4 is 17.7 Å². The van der Waals surface area contributed by atoms with Gasteiger partial charge < -0.3 is 15.2 Å². The highest BCUT2D eigenvalue weighted by Gasteiger charge is 2.06. The first kappa shape index (κ1) is 15.9. The van der Waals surface area contributed by atoms with E-state index in [1.165, 1.54) is 31.0 Å². The van der Waals surface area contributed by atoms with E-state index in [9.17, 15) is 14.3 Å². The fourth-order valence-electron chi connectivity index (χ4n) is 1.38. The Labute approximate surface area is 116 Å². The van der Waals surface area contributed by atoms with Gasteiger partial charge in [-0.25, -0.2) is 4.39 Å². The minimum absolute atomic E-state index is 0.137. The van der Waals surface area contributed by atoms with Crippen molar-refractivity contribution in [1.29, 1.82) is 0 Å². The first-order chi connectivity index (χ1) is 9.11. The summed E-state index contributed by atoms with van der Waals surface area (Å²) in [5.74, 6) is 0.548. The number of halogens is 1. The lowest BCUT2D eigenvalue weighted by atomic mass is 10.2. The minimum Gasteiger partial charge on any atom is -0.389 e. The van der Waals surface area contributed by atoms with Crippen LogP contribution in [0.2, 0.25) is 0 Å². The molecule has 1 amide bonds. The highest BCUT2D eigenvalue weighted by molar-refractivity contribution is 7.99. The molecule has 19 heavy (non-hydrogen) atoms. The first-order valence-corrected chi connectivity index (χ1v) is 7.03. The molecular formula is C13H18FNO3S. The van der Waals surface area contributed by atoms with Gasteiger partial charge in [-0.2, -0.15) is 0 Å². The molecule has 0 saturated carbocycles. The predicted molar refractivity (Wildman–Crippen MR) is 73.5 cm³/mol. The van der Waals surface area contributed by atoms with Crippen molar-refractivity contribution in [1.82, 2.24) is 5.32 Å². The number of aliphatic hydroxyl groups is 1. The van der Waals surface area contributed by atoms with E-state index in [0.717, 1.165) is 5.56 Å². The van der Waals surface area contributed by atoms with Gasteiger partial charge >= 0.3 is 0 Å². The van der Waals surface area contributed by atoms with E-state index >= 15 is 0 Å². The second-order valence-corrected chi connectivity index (χ2v) is 5.02. The van der Waals surface area contributed by atoms with Crippen LogP contribution in [0, 0.1) is 5.82 Å². The topological polar surface area (TPSA) is 58.6 Å². The van der Waals surface area contributed by atoms with Gasteiger partial charge in [0.2, 0.25) is 5.91 Å². The van der Waals surface area contributed by atoms with Gasteiger partial charge in [0.25, 0.3) is 0 Å². The Morgan fingerprint density at radius 3 is 2.79 bits per heavy atom. The van der Waals surface area contributed by atoms with Crippen LogP contribution < -0.4 is 5.32 Å². The van der Waals surface area contributed by atoms with Gasteiger partial charge in [-0.15, -0.1) is 11.8 Å². The largest absolute Gasteiger partial charge is 0.389 e. The van der Waals surface area contributed by atoms with E-state index in [2.05, 4.69) is 5.32 Å². The lowest BCUT2D eigenvalue weighted by molar-refractivity contribution is -0.119. The summed E-state index contributed by atoms with van der Waals surface area (Å²) >= 11 is 1.44. The number of rotatable bonds is 8. The van der Waals surface area contributed by atoms with Crippen molar-refractivity contribution in [3.8, 4) is 0 Å². The van der Waals surface area contributed by atoms with Crippen LogP contribution in [-0.2, 0) is 15.3 Å². The fourth-order valence-corrected chi connectivity index (χ4v) is 2.19. The average molecular weight is 287 g/mol. The van der Waals surface area contributed by atoms with Crippen molar-refractivity contribution in [3.05, 3.63) is 35.6 Å². The SMILES string of the molecule is COCC(O)CNC(=O)CSCc1ccc(F)cc1. The molecule has 0 aliphatic heterocycles. The summed E-state index contributed by atoms with van der Waals surface area (Å²) in [6.07, 6.45) is -0.684. The summed E-state index contributed by atoms with van der Waals surface area (Å²) in [4.78, 5) is 11.5. The molecule has 1 rings (SSSR count). The Morgan fingerprint density at radius 2 is 2.16 bits per heavy atom. The number of aliphatic hydroxyl groups excluding tert-OH is 1. The maximum atomic E-state index is 12.7. The monoisotopic (exact) mass is 287 g/mol. The standard InChI is InChI=1S/C13H18FNO3S/c1-18-7-12(16)6-15-13(17)9-19-8-10-2-4-11(14)5-3-10/h2-5,12,16H,6-9H2,1H3,(H,15,17). The third kappa shape index (κ3) is 7.15. The number of hydrogen-bond donors (Lipinski definition) is 2. The van der Waals surface area contributed by atoms with Crippen LogP contribution in [0.25, 0.3) is 0 Å². The molecule has 0 spiro atoms. The van der Waals surface area contributed by atoms with E-state index in [4.69, 9.17) is 4.74 Å². The van der Waals surface area contributed by atoms with Crippen LogP contribution in [0.4, 0.5) is 4.39 Å². The van der Waals surface area contributed by atoms with Gasteiger partial charge in [0.05, 0.1) is 18.5 Å². The van der Waals surface area contributed by atoms with Gasteiger partial charge in [0.15, 0.2) is 0 Å². The van der Waals surface area contributed by atoms with Crippen LogP contribution in [-0.4, -0.2) is 43.1 Å². The number of amides is 1. The smallest absolute Gasteiger partial charge is 0.230 e. The molecule has 0 aromatic heterocycles. The van der Waals surface area contributed by atoms with E-state index in [1.807, 2.05) is 0 Å². The molecule has 0 bridgehead atoms. The molecule has 1 aromatic rings. The molecule has 2 N–H and O–H groups in total. The number of nitrogens with one attached hydrogen (secondary N) is 1. The molecule has 0 heterocycles. The molecule has 0 aliphatic carbocycles. The maximum Gasteiger partial charge on any atom is 0.230 e. The number of methoxy groups -OCH3 is 1. The van der Waals surface area contributed by atoms with Gasteiger partial charge in [-0.05, 0) is 17.7 Å². The Balaban J connectivity index is 2.15. The summed E-state index contributed by atoms with van der Waals surface area (Å²) < 4.78 is 17.4. The molecule has 6 heteroatoms. The second-order valence-electron chi connectivity index (χ2n) is 4.03. The normalized spacial score (nSPS) is 12.2. The molecule has 1 atom stereocenters. The molecule has 4 nitrogen and oxygen atoms in total. The molecule has 106 valence electrons. The van der Waals surface area contributed by atoms with Crippen LogP contribution in [0.15, 0.2) is 24.3 Å². The molecule has 1 aromatic carbocycles. The first-order valence-electron chi connectivity index (χ1n) is 5.87. The number of carbonyl (C=O) groups is 1. The number of ether oxygens (including phenoxy) is 1. The quantitative estimate of drug-likeness (QED) is 0.754. The van der Waals surface area contributed by atoms with Crippen molar-refractivity contribution in [2.75, 3.05) is 26.0 Å². The van der Waals surface area contributed by atoms with Gasteiger partial charge in [0, 0.05) is 19.4 Å². The molecule has 0 saturated heterocycles. The Morgan fingerprint density at radius 1 is 1.47 bits per heavy atom. The lowest BCUT2D eigenvalue weighted by Crippen LogP contribution is -2.35. The summed E-state index contributed by atoms with van der Waals surface area (Å²) in [5.41, 5.74) is 0.971. The number of hydrogen-bond acceptors (Lipinski definition) is 4.